The van der Waals surface area contributed by atoms with Crippen molar-refractivity contribution in [1.82, 2.24) is 5.32 Å². The molecule has 0 bridgehead atoms. The van der Waals surface area contributed by atoms with Crippen LogP contribution in [0.15, 0.2) is 0 Å². The van der Waals surface area contributed by atoms with Crippen LogP contribution < -0.4 is 11.1 Å². The van der Waals surface area contributed by atoms with Gasteiger partial charge in [0.1, 0.15) is 0 Å². The van der Waals surface area contributed by atoms with Crippen LogP contribution in [-0.2, 0) is 4.79 Å². The van der Waals surface area contributed by atoms with Crippen molar-refractivity contribution in [2.75, 3.05) is 19.3 Å². The number of carbonyl (C=O) groups is 1. The summed E-state index contributed by atoms with van der Waals surface area (Å²) in [5, 5.41) is 3.01. The van der Waals surface area contributed by atoms with E-state index in [1.54, 1.807) is 0 Å². The highest BCUT2D eigenvalue weighted by atomic mass is 32.2. The monoisotopic (exact) mass is 230 g/mol. The van der Waals surface area contributed by atoms with Gasteiger partial charge in [-0.25, -0.2) is 0 Å². The summed E-state index contributed by atoms with van der Waals surface area (Å²) in [6, 6.07) is 0. The molecule has 0 aromatic heterocycles. The topological polar surface area (TPSA) is 55.1 Å². The molecule has 0 saturated heterocycles. The van der Waals surface area contributed by atoms with E-state index in [1.807, 2.05) is 11.8 Å². The summed E-state index contributed by atoms with van der Waals surface area (Å²) >= 11 is 1.91. The molecule has 1 saturated carbocycles. The zero-order valence-corrected chi connectivity index (χ0v) is 10.4. The molecule has 0 spiro atoms. The van der Waals surface area contributed by atoms with Gasteiger partial charge in [-0.2, -0.15) is 11.8 Å². The molecule has 1 fully saturated rings. The Morgan fingerprint density at radius 3 is 2.60 bits per heavy atom. The summed E-state index contributed by atoms with van der Waals surface area (Å²) in [7, 11) is 0. The van der Waals surface area contributed by atoms with Gasteiger partial charge in [0, 0.05) is 24.3 Å². The Balaban J connectivity index is 2.35. The quantitative estimate of drug-likeness (QED) is 0.753. The Labute approximate surface area is 96.6 Å². The zero-order chi connectivity index (χ0) is 11.1. The second-order valence-electron chi connectivity index (χ2n) is 4.26. The number of amides is 1. The molecule has 1 aliphatic rings. The van der Waals surface area contributed by atoms with Crippen LogP contribution >= 0.6 is 11.8 Å². The van der Waals surface area contributed by atoms with Gasteiger partial charge in [0.25, 0.3) is 0 Å². The first-order valence-electron chi connectivity index (χ1n) is 5.74. The highest BCUT2D eigenvalue weighted by Gasteiger charge is 2.31. The fraction of sp³-hybridized carbons (Fsp3) is 0.909. The van der Waals surface area contributed by atoms with E-state index < -0.39 is 0 Å². The summed E-state index contributed by atoms with van der Waals surface area (Å²) in [6.07, 6.45) is 9.01. The fourth-order valence-corrected chi connectivity index (χ4v) is 3.04. The minimum absolute atomic E-state index is 0.0940. The Kier molecular flexibility index (Phi) is 5.47. The maximum absolute atomic E-state index is 11.3. The van der Waals surface area contributed by atoms with E-state index in [0.29, 0.717) is 17.7 Å². The SMILES string of the molecule is CSC1(CNC(=O)CCN)CCCCC1. The zero-order valence-electron chi connectivity index (χ0n) is 9.55. The van der Waals surface area contributed by atoms with Crippen molar-refractivity contribution in [1.29, 1.82) is 0 Å². The third-order valence-electron chi connectivity index (χ3n) is 3.18. The molecule has 0 radical (unpaired) electrons. The van der Waals surface area contributed by atoms with Crippen LogP contribution in [0.4, 0.5) is 0 Å². The fourth-order valence-electron chi connectivity index (χ4n) is 2.13. The maximum Gasteiger partial charge on any atom is 0.221 e. The highest BCUT2D eigenvalue weighted by molar-refractivity contribution is 8.00. The molecule has 88 valence electrons. The Morgan fingerprint density at radius 2 is 2.07 bits per heavy atom. The number of nitrogens with two attached hydrogens (primary N) is 1. The van der Waals surface area contributed by atoms with Crippen molar-refractivity contribution in [2.45, 2.75) is 43.3 Å². The number of rotatable bonds is 5. The molecule has 15 heavy (non-hydrogen) atoms. The van der Waals surface area contributed by atoms with Gasteiger partial charge in [0.2, 0.25) is 5.91 Å². The largest absolute Gasteiger partial charge is 0.355 e. The van der Waals surface area contributed by atoms with E-state index in [2.05, 4.69) is 11.6 Å². The molecule has 4 heteroatoms. The van der Waals surface area contributed by atoms with Gasteiger partial charge in [-0.15, -0.1) is 0 Å². The van der Waals surface area contributed by atoms with Gasteiger partial charge in [0.05, 0.1) is 0 Å². The van der Waals surface area contributed by atoms with Gasteiger partial charge in [-0.05, 0) is 19.1 Å². The second-order valence-corrected chi connectivity index (χ2v) is 5.54. The van der Waals surface area contributed by atoms with E-state index >= 15 is 0 Å². The van der Waals surface area contributed by atoms with Crippen molar-refractivity contribution >= 4 is 17.7 Å². The normalized spacial score (nSPS) is 19.9. The summed E-state index contributed by atoms with van der Waals surface area (Å²) in [4.78, 5) is 11.3. The second kappa shape index (κ2) is 6.38. The van der Waals surface area contributed by atoms with Gasteiger partial charge < -0.3 is 11.1 Å². The lowest BCUT2D eigenvalue weighted by Crippen LogP contribution is -2.42. The van der Waals surface area contributed by atoms with Crippen molar-refractivity contribution in [2.24, 2.45) is 5.73 Å². The summed E-state index contributed by atoms with van der Waals surface area (Å²) in [6.45, 7) is 1.26. The molecular weight excluding hydrogens is 208 g/mol. The van der Waals surface area contributed by atoms with Crippen LogP contribution in [0.5, 0.6) is 0 Å². The third kappa shape index (κ3) is 4.03. The highest BCUT2D eigenvalue weighted by Crippen LogP contribution is 2.37. The lowest BCUT2D eigenvalue weighted by molar-refractivity contribution is -0.121. The molecule has 3 N–H and O–H groups in total. The Hall–Kier alpha value is -0.220. The van der Waals surface area contributed by atoms with E-state index in [4.69, 9.17) is 5.73 Å². The van der Waals surface area contributed by atoms with Gasteiger partial charge >= 0.3 is 0 Å². The Bertz CT molecular complexity index is 203. The minimum Gasteiger partial charge on any atom is -0.355 e. The molecule has 0 atom stereocenters. The molecule has 0 aliphatic heterocycles. The van der Waals surface area contributed by atoms with Crippen LogP contribution in [0.25, 0.3) is 0 Å². The van der Waals surface area contributed by atoms with Crippen LogP contribution in [0.2, 0.25) is 0 Å². The van der Waals surface area contributed by atoms with Crippen molar-refractivity contribution in [3.63, 3.8) is 0 Å². The maximum atomic E-state index is 11.3. The average molecular weight is 230 g/mol. The molecule has 1 rings (SSSR count). The lowest BCUT2D eigenvalue weighted by atomic mass is 9.88. The summed E-state index contributed by atoms with van der Waals surface area (Å²) in [5.41, 5.74) is 5.34. The van der Waals surface area contributed by atoms with Gasteiger partial charge in [-0.1, -0.05) is 19.3 Å². The number of nitrogens with one attached hydrogen (secondary N) is 1. The molecular formula is C11H22N2OS. The lowest BCUT2D eigenvalue weighted by Gasteiger charge is -2.35. The summed E-state index contributed by atoms with van der Waals surface area (Å²) < 4.78 is 0.294. The number of hydrogen-bond acceptors (Lipinski definition) is 3. The Morgan fingerprint density at radius 1 is 1.40 bits per heavy atom. The van der Waals surface area contributed by atoms with Crippen LogP contribution in [0, 0.1) is 0 Å². The average Bonchev–Trinajstić information content (AvgIpc) is 2.28. The predicted octanol–water partition coefficient (Wildman–Crippen LogP) is 1.52. The number of carbonyl (C=O) groups excluding carboxylic acids is 1. The third-order valence-corrected chi connectivity index (χ3v) is 4.60. The molecule has 0 unspecified atom stereocenters. The van der Waals surface area contributed by atoms with E-state index in [0.717, 1.165) is 6.54 Å². The molecule has 3 nitrogen and oxygen atoms in total. The standard InChI is InChI=1S/C11H22N2OS/c1-15-11(6-3-2-4-7-11)9-13-10(14)5-8-12/h2-9,12H2,1H3,(H,13,14). The molecule has 0 heterocycles. The van der Waals surface area contributed by atoms with E-state index in [9.17, 15) is 4.79 Å². The van der Waals surface area contributed by atoms with E-state index in [-0.39, 0.29) is 5.91 Å². The first kappa shape index (κ1) is 12.8. The predicted molar refractivity (Wildman–Crippen MR) is 66.0 cm³/mol. The van der Waals surface area contributed by atoms with Gasteiger partial charge in [0.15, 0.2) is 0 Å². The summed E-state index contributed by atoms with van der Waals surface area (Å²) in [5.74, 6) is 0.0940. The number of thioether (sulfide) groups is 1. The smallest absolute Gasteiger partial charge is 0.221 e. The van der Waals surface area contributed by atoms with Crippen LogP contribution in [0.1, 0.15) is 38.5 Å². The van der Waals surface area contributed by atoms with Gasteiger partial charge in [-0.3, -0.25) is 4.79 Å². The van der Waals surface area contributed by atoms with E-state index in [1.165, 1.54) is 32.1 Å². The van der Waals surface area contributed by atoms with Crippen molar-refractivity contribution in [3.05, 3.63) is 0 Å². The molecule has 0 aromatic carbocycles. The van der Waals surface area contributed by atoms with Crippen LogP contribution in [0.3, 0.4) is 0 Å². The minimum atomic E-state index is 0.0940. The van der Waals surface area contributed by atoms with Crippen LogP contribution in [-0.4, -0.2) is 30.0 Å². The number of hydrogen-bond donors (Lipinski definition) is 2. The first-order valence-corrected chi connectivity index (χ1v) is 6.97. The van der Waals surface area contributed by atoms with Crippen molar-refractivity contribution in [3.8, 4) is 0 Å². The molecule has 0 aromatic rings. The molecule has 1 aliphatic carbocycles. The first-order chi connectivity index (χ1) is 7.22. The molecule has 1 amide bonds. The van der Waals surface area contributed by atoms with Crippen molar-refractivity contribution < 1.29 is 4.79 Å².